The van der Waals surface area contributed by atoms with E-state index in [1.54, 1.807) is 12.1 Å². The molecule has 1 N–H and O–H groups in total. The van der Waals surface area contributed by atoms with Crippen molar-refractivity contribution in [1.29, 1.82) is 0 Å². The predicted molar refractivity (Wildman–Crippen MR) is 96.5 cm³/mol. The van der Waals surface area contributed by atoms with Gasteiger partial charge in [-0.3, -0.25) is 4.79 Å². The second kappa shape index (κ2) is 9.19. The topological polar surface area (TPSA) is 47.6 Å². The first-order chi connectivity index (χ1) is 12.7. The first-order valence-corrected chi connectivity index (χ1v) is 8.62. The van der Waals surface area contributed by atoms with Crippen LogP contribution in [0.5, 0.6) is 11.5 Å². The van der Waals surface area contributed by atoms with Gasteiger partial charge in [-0.1, -0.05) is 29.3 Å². The summed E-state index contributed by atoms with van der Waals surface area (Å²) < 4.78 is 48.6. The predicted octanol–water partition coefficient (Wildman–Crippen LogP) is 4.97. The van der Waals surface area contributed by atoms with Crippen molar-refractivity contribution < 1.29 is 27.4 Å². The minimum absolute atomic E-state index is 0.00146. The molecule has 0 spiro atoms. The highest BCUT2D eigenvalue weighted by molar-refractivity contribution is 6.35. The molecule has 0 bridgehead atoms. The largest absolute Gasteiger partial charge is 0.492 e. The molecule has 0 heterocycles. The van der Waals surface area contributed by atoms with Gasteiger partial charge in [-0.15, -0.1) is 0 Å². The molecule has 2 aromatic rings. The van der Waals surface area contributed by atoms with Crippen LogP contribution >= 0.6 is 23.2 Å². The lowest BCUT2D eigenvalue weighted by molar-refractivity contribution is -0.137. The van der Waals surface area contributed by atoms with Crippen LogP contribution < -0.4 is 14.8 Å². The van der Waals surface area contributed by atoms with Crippen molar-refractivity contribution in [3.8, 4) is 11.5 Å². The Kier molecular flexibility index (Phi) is 7.21. The summed E-state index contributed by atoms with van der Waals surface area (Å²) in [6, 6.07) is 9.13. The molecule has 1 amide bonds. The van der Waals surface area contributed by atoms with E-state index in [4.69, 9.17) is 32.7 Å². The smallest absolute Gasteiger partial charge is 0.416 e. The molecule has 146 valence electrons. The van der Waals surface area contributed by atoms with Gasteiger partial charge in [-0.05, 0) is 43.3 Å². The van der Waals surface area contributed by atoms with Crippen molar-refractivity contribution in [2.45, 2.75) is 19.2 Å². The summed E-state index contributed by atoms with van der Waals surface area (Å²) in [6.07, 6.45) is -5.28. The third-order valence-electron chi connectivity index (χ3n) is 3.40. The summed E-state index contributed by atoms with van der Waals surface area (Å²) >= 11 is 11.8. The highest BCUT2D eigenvalue weighted by Crippen LogP contribution is 2.31. The van der Waals surface area contributed by atoms with Crippen molar-refractivity contribution in [1.82, 2.24) is 5.32 Å². The van der Waals surface area contributed by atoms with E-state index in [-0.39, 0.29) is 23.9 Å². The molecule has 1 unspecified atom stereocenters. The number of halogens is 5. The Bertz CT molecular complexity index is 800. The number of hydrogen-bond donors (Lipinski definition) is 1. The van der Waals surface area contributed by atoms with E-state index in [0.717, 1.165) is 12.1 Å². The van der Waals surface area contributed by atoms with Gasteiger partial charge in [0.05, 0.1) is 17.1 Å². The second-order valence-corrected chi connectivity index (χ2v) is 6.34. The average Bonchev–Trinajstić information content (AvgIpc) is 2.60. The van der Waals surface area contributed by atoms with Gasteiger partial charge < -0.3 is 14.8 Å². The minimum atomic E-state index is -4.44. The van der Waals surface area contributed by atoms with Gasteiger partial charge in [-0.25, -0.2) is 0 Å². The number of ether oxygens (including phenoxy) is 2. The molecular weight excluding hydrogens is 406 g/mol. The number of hydrogen-bond acceptors (Lipinski definition) is 3. The third kappa shape index (κ3) is 6.52. The van der Waals surface area contributed by atoms with Gasteiger partial charge in [0.1, 0.15) is 18.1 Å². The lowest BCUT2D eigenvalue weighted by Gasteiger charge is -2.16. The quantitative estimate of drug-likeness (QED) is 0.641. The van der Waals surface area contributed by atoms with E-state index in [2.05, 4.69) is 5.32 Å². The summed E-state index contributed by atoms with van der Waals surface area (Å²) in [5, 5.41) is 3.28. The minimum Gasteiger partial charge on any atom is -0.492 e. The highest BCUT2D eigenvalue weighted by Gasteiger charge is 2.30. The Hall–Kier alpha value is -2.12. The molecule has 0 aliphatic heterocycles. The van der Waals surface area contributed by atoms with Gasteiger partial charge in [0, 0.05) is 5.02 Å². The lowest BCUT2D eigenvalue weighted by Crippen LogP contribution is -2.38. The van der Waals surface area contributed by atoms with Crippen LogP contribution in [0.4, 0.5) is 13.2 Å². The number of nitrogens with one attached hydrogen (secondary N) is 1. The van der Waals surface area contributed by atoms with E-state index in [9.17, 15) is 18.0 Å². The Balaban J connectivity index is 1.79. The van der Waals surface area contributed by atoms with Crippen molar-refractivity contribution in [2.75, 3.05) is 13.2 Å². The van der Waals surface area contributed by atoms with Crippen LogP contribution in [-0.2, 0) is 11.0 Å². The van der Waals surface area contributed by atoms with Gasteiger partial charge in [0.2, 0.25) is 0 Å². The molecule has 0 saturated carbocycles. The van der Waals surface area contributed by atoms with Crippen molar-refractivity contribution in [3.63, 3.8) is 0 Å². The first-order valence-electron chi connectivity index (χ1n) is 7.86. The van der Waals surface area contributed by atoms with E-state index in [1.165, 1.54) is 25.1 Å². The number of benzene rings is 2. The molecule has 2 aromatic carbocycles. The summed E-state index contributed by atoms with van der Waals surface area (Å²) in [6.45, 7) is 1.63. The van der Waals surface area contributed by atoms with Crippen molar-refractivity contribution in [3.05, 3.63) is 58.1 Å². The van der Waals surface area contributed by atoms with Gasteiger partial charge >= 0.3 is 6.18 Å². The molecule has 0 aliphatic rings. The molecule has 4 nitrogen and oxygen atoms in total. The monoisotopic (exact) mass is 421 g/mol. The number of carbonyl (C=O) groups excluding carboxylic acids is 1. The standard InChI is InChI=1S/C18H16Cl2F3NO3/c1-11(27-16-6-5-13(19)10-15(16)20)17(25)24-7-8-26-14-4-2-3-12(9-14)18(21,22)23/h2-6,9-11H,7-8H2,1H3,(H,24,25). The number of carbonyl (C=O) groups is 1. The maximum absolute atomic E-state index is 12.6. The Morgan fingerprint density at radius 1 is 1.19 bits per heavy atom. The molecule has 0 aliphatic carbocycles. The molecular formula is C18H16Cl2F3NO3. The Morgan fingerprint density at radius 2 is 1.93 bits per heavy atom. The molecule has 0 saturated heterocycles. The fourth-order valence-electron chi connectivity index (χ4n) is 2.06. The van der Waals surface area contributed by atoms with E-state index in [1.807, 2.05) is 0 Å². The SMILES string of the molecule is CC(Oc1ccc(Cl)cc1Cl)C(=O)NCCOc1cccc(C(F)(F)F)c1. The summed E-state index contributed by atoms with van der Waals surface area (Å²) in [5.74, 6) is -0.0473. The zero-order valence-corrected chi connectivity index (χ0v) is 15.7. The zero-order chi connectivity index (χ0) is 20.0. The zero-order valence-electron chi connectivity index (χ0n) is 14.1. The molecule has 9 heteroatoms. The first kappa shape index (κ1) is 21.2. The van der Waals surface area contributed by atoms with E-state index >= 15 is 0 Å². The third-order valence-corrected chi connectivity index (χ3v) is 3.93. The van der Waals surface area contributed by atoms with E-state index in [0.29, 0.717) is 10.8 Å². The van der Waals surface area contributed by atoms with Gasteiger partial charge in [0.25, 0.3) is 5.91 Å². The maximum atomic E-state index is 12.6. The van der Waals surface area contributed by atoms with Crippen LogP contribution in [0.2, 0.25) is 10.0 Å². The molecule has 0 radical (unpaired) electrons. The molecule has 2 rings (SSSR count). The van der Waals surface area contributed by atoms with E-state index < -0.39 is 23.8 Å². The van der Waals surface area contributed by atoms with Crippen LogP contribution in [0.1, 0.15) is 12.5 Å². The van der Waals surface area contributed by atoms with Crippen LogP contribution in [-0.4, -0.2) is 25.2 Å². The summed E-state index contributed by atoms with van der Waals surface area (Å²) in [4.78, 5) is 12.0. The Labute approximate surface area is 164 Å². The molecule has 0 fully saturated rings. The second-order valence-electron chi connectivity index (χ2n) is 5.50. The fourth-order valence-corrected chi connectivity index (χ4v) is 2.52. The van der Waals surface area contributed by atoms with Crippen molar-refractivity contribution in [2.24, 2.45) is 0 Å². The Morgan fingerprint density at radius 3 is 2.59 bits per heavy atom. The molecule has 0 aromatic heterocycles. The lowest BCUT2D eigenvalue weighted by atomic mass is 10.2. The molecule has 27 heavy (non-hydrogen) atoms. The van der Waals surface area contributed by atoms with Crippen molar-refractivity contribution >= 4 is 29.1 Å². The number of amides is 1. The normalized spacial score (nSPS) is 12.4. The van der Waals surface area contributed by atoms with Crippen LogP contribution in [0.3, 0.4) is 0 Å². The van der Waals surface area contributed by atoms with Crippen LogP contribution in [0.25, 0.3) is 0 Å². The number of alkyl halides is 3. The fraction of sp³-hybridized carbons (Fsp3) is 0.278. The number of rotatable bonds is 7. The van der Waals surface area contributed by atoms with Crippen LogP contribution in [0, 0.1) is 0 Å². The average molecular weight is 422 g/mol. The molecule has 1 atom stereocenters. The summed E-state index contributed by atoms with van der Waals surface area (Å²) in [7, 11) is 0. The summed E-state index contributed by atoms with van der Waals surface area (Å²) in [5.41, 5.74) is -0.800. The van der Waals surface area contributed by atoms with Crippen LogP contribution in [0.15, 0.2) is 42.5 Å². The highest BCUT2D eigenvalue weighted by atomic mass is 35.5. The van der Waals surface area contributed by atoms with Gasteiger partial charge in [0.15, 0.2) is 6.10 Å². The van der Waals surface area contributed by atoms with Gasteiger partial charge in [-0.2, -0.15) is 13.2 Å². The maximum Gasteiger partial charge on any atom is 0.416 e.